The van der Waals surface area contributed by atoms with Crippen LogP contribution in [0.2, 0.25) is 0 Å². The van der Waals surface area contributed by atoms with E-state index in [1.165, 1.54) is 21.2 Å². The molecule has 2 aliphatic heterocycles. The molecule has 1 fully saturated rings. The number of benzene rings is 2. The SMILES string of the molecule is CN1CCN(C[C@@H](O)CN2c3ccccc3Sc3ccccc32)CC1. The molecule has 5 heteroatoms. The zero-order valence-electron chi connectivity index (χ0n) is 14.6. The van der Waals surface area contributed by atoms with Crippen molar-refractivity contribution >= 4 is 23.1 Å². The third-order valence-electron chi connectivity index (χ3n) is 4.99. The molecule has 132 valence electrons. The first-order valence-corrected chi connectivity index (χ1v) is 9.75. The first kappa shape index (κ1) is 16.9. The van der Waals surface area contributed by atoms with Crippen molar-refractivity contribution in [3.05, 3.63) is 48.5 Å². The van der Waals surface area contributed by atoms with Gasteiger partial charge in [-0.05, 0) is 31.3 Å². The summed E-state index contributed by atoms with van der Waals surface area (Å²) in [5.74, 6) is 0. The van der Waals surface area contributed by atoms with Gasteiger partial charge >= 0.3 is 0 Å². The van der Waals surface area contributed by atoms with Gasteiger partial charge in [0.25, 0.3) is 0 Å². The fraction of sp³-hybridized carbons (Fsp3) is 0.400. The van der Waals surface area contributed by atoms with Gasteiger partial charge in [0.15, 0.2) is 0 Å². The van der Waals surface area contributed by atoms with E-state index in [-0.39, 0.29) is 6.10 Å². The number of hydrogen-bond donors (Lipinski definition) is 1. The Labute approximate surface area is 154 Å². The lowest BCUT2D eigenvalue weighted by atomic mass is 10.2. The van der Waals surface area contributed by atoms with Crippen LogP contribution in [0.5, 0.6) is 0 Å². The van der Waals surface area contributed by atoms with E-state index in [0.717, 1.165) is 32.7 Å². The summed E-state index contributed by atoms with van der Waals surface area (Å²) in [5, 5.41) is 10.8. The Kier molecular flexibility index (Phi) is 4.99. The van der Waals surface area contributed by atoms with Crippen LogP contribution >= 0.6 is 11.8 Å². The second-order valence-electron chi connectivity index (χ2n) is 6.91. The molecule has 0 unspecified atom stereocenters. The highest BCUT2D eigenvalue weighted by molar-refractivity contribution is 7.99. The number of hydrogen-bond acceptors (Lipinski definition) is 5. The van der Waals surface area contributed by atoms with Crippen molar-refractivity contribution in [2.45, 2.75) is 15.9 Å². The van der Waals surface area contributed by atoms with E-state index in [2.05, 4.69) is 70.3 Å². The average Bonchev–Trinajstić information content (AvgIpc) is 2.63. The van der Waals surface area contributed by atoms with Crippen LogP contribution in [-0.2, 0) is 0 Å². The maximum absolute atomic E-state index is 10.8. The summed E-state index contributed by atoms with van der Waals surface area (Å²) in [4.78, 5) is 9.52. The van der Waals surface area contributed by atoms with E-state index >= 15 is 0 Å². The molecular formula is C20H25N3OS. The van der Waals surface area contributed by atoms with Gasteiger partial charge in [-0.25, -0.2) is 0 Å². The Hall–Kier alpha value is -1.53. The molecule has 1 saturated heterocycles. The quantitative estimate of drug-likeness (QED) is 0.911. The lowest BCUT2D eigenvalue weighted by Crippen LogP contribution is -2.48. The highest BCUT2D eigenvalue weighted by Crippen LogP contribution is 2.47. The predicted octanol–water partition coefficient (Wildman–Crippen LogP) is 2.90. The molecule has 4 nitrogen and oxygen atoms in total. The molecule has 0 spiro atoms. The van der Waals surface area contributed by atoms with Gasteiger partial charge in [-0.15, -0.1) is 0 Å². The van der Waals surface area contributed by atoms with Crippen molar-refractivity contribution in [3.8, 4) is 0 Å². The number of para-hydroxylation sites is 2. The van der Waals surface area contributed by atoms with Crippen LogP contribution in [0.15, 0.2) is 58.3 Å². The monoisotopic (exact) mass is 355 g/mol. The third-order valence-corrected chi connectivity index (χ3v) is 6.12. The number of β-amino-alcohol motifs (C(OH)–C–C–N with tert-alkyl or cyclic N) is 1. The minimum Gasteiger partial charge on any atom is -0.390 e. The Morgan fingerprint density at radius 1 is 0.880 bits per heavy atom. The molecule has 2 aromatic carbocycles. The minimum atomic E-state index is -0.368. The molecule has 2 heterocycles. The number of anilines is 2. The number of likely N-dealkylation sites (N-methyl/N-ethyl adjacent to an activating group) is 1. The van der Waals surface area contributed by atoms with Gasteiger partial charge < -0.3 is 14.9 Å². The molecule has 0 amide bonds. The fourth-order valence-corrected chi connectivity index (χ4v) is 4.67. The largest absolute Gasteiger partial charge is 0.390 e. The van der Waals surface area contributed by atoms with Gasteiger partial charge in [0.2, 0.25) is 0 Å². The predicted molar refractivity (Wildman–Crippen MR) is 104 cm³/mol. The van der Waals surface area contributed by atoms with E-state index in [0.29, 0.717) is 6.54 Å². The molecule has 2 aromatic rings. The van der Waals surface area contributed by atoms with Crippen molar-refractivity contribution in [1.82, 2.24) is 9.80 Å². The number of nitrogens with zero attached hydrogens (tertiary/aromatic N) is 3. The van der Waals surface area contributed by atoms with Crippen molar-refractivity contribution in [3.63, 3.8) is 0 Å². The number of aliphatic hydroxyl groups is 1. The molecule has 0 aromatic heterocycles. The standard InChI is InChI=1S/C20H25N3OS/c1-21-10-12-22(13-11-21)14-16(24)15-23-17-6-2-4-8-19(17)25-20-9-5-3-7-18(20)23/h2-9,16,24H,10-15H2,1H3/t16-/m1/s1. The van der Waals surface area contributed by atoms with E-state index in [1.807, 2.05) is 11.8 Å². The Morgan fingerprint density at radius 3 is 2.04 bits per heavy atom. The van der Waals surface area contributed by atoms with Crippen molar-refractivity contribution in [2.24, 2.45) is 0 Å². The average molecular weight is 356 g/mol. The number of rotatable bonds is 4. The van der Waals surface area contributed by atoms with Crippen LogP contribution in [0.25, 0.3) is 0 Å². The molecule has 0 radical (unpaired) electrons. The van der Waals surface area contributed by atoms with E-state index in [1.54, 1.807) is 0 Å². The van der Waals surface area contributed by atoms with Crippen LogP contribution < -0.4 is 4.90 Å². The van der Waals surface area contributed by atoms with Crippen LogP contribution in [0.1, 0.15) is 0 Å². The summed E-state index contributed by atoms with van der Waals surface area (Å²) in [5.41, 5.74) is 2.40. The maximum Gasteiger partial charge on any atom is 0.0845 e. The summed E-state index contributed by atoms with van der Waals surface area (Å²) in [7, 11) is 2.16. The summed E-state index contributed by atoms with van der Waals surface area (Å²) >= 11 is 1.81. The Bertz CT molecular complexity index is 685. The molecule has 0 saturated carbocycles. The summed E-state index contributed by atoms with van der Waals surface area (Å²) in [6, 6.07) is 16.9. The summed E-state index contributed by atoms with van der Waals surface area (Å²) in [6.07, 6.45) is -0.368. The number of piperazine rings is 1. The number of fused-ring (bicyclic) bond motifs is 2. The van der Waals surface area contributed by atoms with Crippen molar-refractivity contribution in [2.75, 3.05) is 51.2 Å². The zero-order chi connectivity index (χ0) is 17.2. The lowest BCUT2D eigenvalue weighted by molar-refractivity contribution is 0.0847. The number of aliphatic hydroxyl groups excluding tert-OH is 1. The highest BCUT2D eigenvalue weighted by atomic mass is 32.2. The molecular weight excluding hydrogens is 330 g/mol. The van der Waals surface area contributed by atoms with Crippen molar-refractivity contribution in [1.29, 1.82) is 0 Å². The Balaban J connectivity index is 1.51. The van der Waals surface area contributed by atoms with E-state index in [9.17, 15) is 5.11 Å². The highest BCUT2D eigenvalue weighted by Gasteiger charge is 2.26. The first-order valence-electron chi connectivity index (χ1n) is 8.93. The third kappa shape index (κ3) is 3.70. The van der Waals surface area contributed by atoms with Gasteiger partial charge in [-0.1, -0.05) is 36.0 Å². The van der Waals surface area contributed by atoms with Gasteiger partial charge in [0.1, 0.15) is 0 Å². The normalized spacial score (nSPS) is 19.4. The Morgan fingerprint density at radius 2 is 1.44 bits per heavy atom. The molecule has 0 bridgehead atoms. The smallest absolute Gasteiger partial charge is 0.0845 e. The lowest BCUT2D eigenvalue weighted by Gasteiger charge is -2.37. The van der Waals surface area contributed by atoms with Crippen LogP contribution in [-0.4, -0.2) is 67.3 Å². The van der Waals surface area contributed by atoms with Crippen LogP contribution in [0, 0.1) is 0 Å². The molecule has 4 rings (SSSR count). The van der Waals surface area contributed by atoms with Gasteiger partial charge in [0.05, 0.1) is 24.0 Å². The second-order valence-corrected chi connectivity index (χ2v) is 7.99. The molecule has 25 heavy (non-hydrogen) atoms. The second kappa shape index (κ2) is 7.38. The van der Waals surface area contributed by atoms with Crippen LogP contribution in [0.4, 0.5) is 11.4 Å². The first-order chi connectivity index (χ1) is 12.2. The zero-order valence-corrected chi connectivity index (χ0v) is 15.5. The van der Waals surface area contributed by atoms with Gasteiger partial charge in [0, 0.05) is 42.5 Å². The van der Waals surface area contributed by atoms with E-state index < -0.39 is 0 Å². The minimum absolute atomic E-state index is 0.368. The molecule has 2 aliphatic rings. The fourth-order valence-electron chi connectivity index (χ4n) is 3.57. The summed E-state index contributed by atoms with van der Waals surface area (Å²) < 4.78 is 0. The molecule has 1 atom stereocenters. The summed E-state index contributed by atoms with van der Waals surface area (Å²) in [6.45, 7) is 5.60. The van der Waals surface area contributed by atoms with Crippen molar-refractivity contribution < 1.29 is 5.11 Å². The van der Waals surface area contributed by atoms with Crippen LogP contribution in [0.3, 0.4) is 0 Å². The topological polar surface area (TPSA) is 30.0 Å². The van der Waals surface area contributed by atoms with Gasteiger partial charge in [-0.2, -0.15) is 0 Å². The maximum atomic E-state index is 10.8. The molecule has 0 aliphatic carbocycles. The van der Waals surface area contributed by atoms with Gasteiger partial charge in [-0.3, -0.25) is 4.90 Å². The molecule has 1 N–H and O–H groups in total. The van der Waals surface area contributed by atoms with E-state index in [4.69, 9.17) is 0 Å².